The zero-order valence-electron chi connectivity index (χ0n) is 12.5. The topological polar surface area (TPSA) is 55.6 Å². The van der Waals surface area contributed by atoms with Crippen LogP contribution in [0.3, 0.4) is 0 Å². The van der Waals surface area contributed by atoms with Crippen molar-refractivity contribution in [2.75, 3.05) is 5.32 Å². The van der Waals surface area contributed by atoms with Gasteiger partial charge in [0.15, 0.2) is 0 Å². The van der Waals surface area contributed by atoms with Crippen LogP contribution in [-0.2, 0) is 13.6 Å². The summed E-state index contributed by atoms with van der Waals surface area (Å²) in [6, 6.07) is 0. The Bertz CT molecular complexity index is 618. The van der Waals surface area contributed by atoms with Crippen LogP contribution in [0, 0.1) is 13.8 Å². The second kappa shape index (κ2) is 5.79. The highest BCUT2D eigenvalue weighted by atomic mass is 35.5. The van der Waals surface area contributed by atoms with Gasteiger partial charge >= 0.3 is 0 Å². The van der Waals surface area contributed by atoms with Crippen molar-refractivity contribution >= 4 is 17.4 Å². The highest BCUT2D eigenvalue weighted by Crippen LogP contribution is 2.23. The number of rotatable bonds is 4. The highest BCUT2D eigenvalue weighted by Gasteiger charge is 2.12. The van der Waals surface area contributed by atoms with E-state index in [1.165, 1.54) is 0 Å². The molecule has 0 saturated carbocycles. The van der Waals surface area contributed by atoms with Crippen molar-refractivity contribution in [1.29, 1.82) is 0 Å². The molecule has 0 atom stereocenters. The van der Waals surface area contributed by atoms with Crippen LogP contribution in [0.5, 0.6) is 0 Å². The lowest BCUT2D eigenvalue weighted by molar-refractivity contribution is 0.738. The van der Waals surface area contributed by atoms with Gasteiger partial charge in [-0.15, -0.1) is 0 Å². The van der Waals surface area contributed by atoms with E-state index in [2.05, 4.69) is 34.2 Å². The summed E-state index contributed by atoms with van der Waals surface area (Å²) >= 11 is 6.17. The summed E-state index contributed by atoms with van der Waals surface area (Å²) < 4.78 is 1.86. The maximum absolute atomic E-state index is 6.17. The van der Waals surface area contributed by atoms with Crippen LogP contribution in [0.4, 0.5) is 5.82 Å². The van der Waals surface area contributed by atoms with Crippen molar-refractivity contribution in [1.82, 2.24) is 19.7 Å². The van der Waals surface area contributed by atoms with Crippen molar-refractivity contribution in [2.24, 2.45) is 7.05 Å². The van der Waals surface area contributed by atoms with Crippen LogP contribution in [-0.4, -0.2) is 19.7 Å². The fourth-order valence-electron chi connectivity index (χ4n) is 1.83. The van der Waals surface area contributed by atoms with E-state index in [9.17, 15) is 0 Å². The molecular weight excluding hydrogens is 274 g/mol. The van der Waals surface area contributed by atoms with E-state index < -0.39 is 0 Å². The molecule has 0 unspecified atom stereocenters. The molecule has 20 heavy (non-hydrogen) atoms. The highest BCUT2D eigenvalue weighted by molar-refractivity contribution is 6.30. The second-order valence-corrected chi connectivity index (χ2v) is 5.59. The molecule has 0 spiro atoms. The average molecular weight is 294 g/mol. The van der Waals surface area contributed by atoms with Gasteiger partial charge in [-0.05, 0) is 13.8 Å². The summed E-state index contributed by atoms with van der Waals surface area (Å²) in [6.07, 6.45) is 1.86. The zero-order valence-corrected chi connectivity index (χ0v) is 13.3. The van der Waals surface area contributed by atoms with E-state index in [-0.39, 0.29) is 5.92 Å². The number of halogens is 1. The van der Waals surface area contributed by atoms with Crippen LogP contribution >= 0.6 is 11.6 Å². The third-order valence-electron chi connectivity index (χ3n) is 3.40. The molecule has 6 heteroatoms. The maximum Gasteiger partial charge on any atom is 0.137 e. The minimum atomic E-state index is 0.244. The Balaban J connectivity index is 2.23. The first-order valence-electron chi connectivity index (χ1n) is 6.65. The van der Waals surface area contributed by atoms with Crippen LogP contribution in [0.25, 0.3) is 0 Å². The predicted octanol–water partition coefficient (Wildman–Crippen LogP) is 3.22. The normalized spacial score (nSPS) is 11.2. The lowest BCUT2D eigenvalue weighted by Gasteiger charge is -2.12. The molecule has 5 nitrogen and oxygen atoms in total. The van der Waals surface area contributed by atoms with Crippen molar-refractivity contribution in [2.45, 2.75) is 40.2 Å². The lowest BCUT2D eigenvalue weighted by atomic mass is 10.2. The van der Waals surface area contributed by atoms with Gasteiger partial charge in [0.25, 0.3) is 0 Å². The quantitative estimate of drug-likeness (QED) is 0.880. The maximum atomic E-state index is 6.17. The lowest BCUT2D eigenvalue weighted by Crippen LogP contribution is -2.08. The van der Waals surface area contributed by atoms with Crippen LogP contribution in [0.2, 0.25) is 5.15 Å². The van der Waals surface area contributed by atoms with Crippen molar-refractivity contribution in [3.05, 3.63) is 34.0 Å². The molecular formula is C14H20ClN5. The van der Waals surface area contributed by atoms with Gasteiger partial charge < -0.3 is 5.32 Å². The monoisotopic (exact) mass is 293 g/mol. The van der Waals surface area contributed by atoms with Gasteiger partial charge in [-0.25, -0.2) is 9.97 Å². The van der Waals surface area contributed by atoms with Gasteiger partial charge in [-0.1, -0.05) is 25.4 Å². The number of nitrogens with one attached hydrogen (secondary N) is 1. The number of hydrogen-bond donors (Lipinski definition) is 1. The molecule has 0 amide bonds. The predicted molar refractivity (Wildman–Crippen MR) is 81.1 cm³/mol. The first-order valence-corrected chi connectivity index (χ1v) is 7.03. The Morgan fingerprint density at radius 1 is 1.30 bits per heavy atom. The molecule has 0 aliphatic heterocycles. The summed E-state index contributed by atoms with van der Waals surface area (Å²) in [6.45, 7) is 8.74. The zero-order chi connectivity index (χ0) is 14.9. The minimum absolute atomic E-state index is 0.244. The number of anilines is 1. The van der Waals surface area contributed by atoms with E-state index in [0.717, 1.165) is 28.5 Å². The standard InChI is InChI=1S/C14H20ClN5/c1-8(2)13-18-12(15)9(3)14(19-13)16-6-11-7-17-20(5)10(11)4/h7-8H,6H2,1-5H3,(H,16,18,19). The SMILES string of the molecule is Cc1c(Cl)nc(C(C)C)nc1NCc1cnn(C)c1C. The molecule has 1 N–H and O–H groups in total. The molecule has 0 radical (unpaired) electrons. The molecule has 0 fully saturated rings. The van der Waals surface area contributed by atoms with Gasteiger partial charge in [0, 0.05) is 36.3 Å². The fraction of sp³-hybridized carbons (Fsp3) is 0.500. The van der Waals surface area contributed by atoms with Crippen LogP contribution in [0.15, 0.2) is 6.20 Å². The van der Waals surface area contributed by atoms with Crippen molar-refractivity contribution in [3.63, 3.8) is 0 Å². The molecule has 2 rings (SSSR count). The largest absolute Gasteiger partial charge is 0.365 e. The summed E-state index contributed by atoms with van der Waals surface area (Å²) in [7, 11) is 1.93. The molecule has 0 aliphatic carbocycles. The van der Waals surface area contributed by atoms with Gasteiger partial charge in [0.1, 0.15) is 16.8 Å². The van der Waals surface area contributed by atoms with Gasteiger partial charge in [-0.2, -0.15) is 5.10 Å². The van der Waals surface area contributed by atoms with E-state index in [1.807, 2.05) is 31.8 Å². The van der Waals surface area contributed by atoms with Gasteiger partial charge in [-0.3, -0.25) is 4.68 Å². The van der Waals surface area contributed by atoms with Crippen molar-refractivity contribution in [3.8, 4) is 0 Å². The Morgan fingerprint density at radius 2 is 2.00 bits per heavy atom. The summed E-state index contributed by atoms with van der Waals surface area (Å²) in [4.78, 5) is 8.86. The Labute approximate surface area is 124 Å². The summed E-state index contributed by atoms with van der Waals surface area (Å²) in [5.41, 5.74) is 3.16. The number of nitrogens with zero attached hydrogens (tertiary/aromatic N) is 4. The van der Waals surface area contributed by atoms with E-state index in [4.69, 9.17) is 11.6 Å². The molecule has 2 aromatic rings. The molecule has 2 aromatic heterocycles. The summed E-state index contributed by atoms with van der Waals surface area (Å²) in [5.74, 6) is 1.79. The third-order valence-corrected chi connectivity index (χ3v) is 3.77. The Hall–Kier alpha value is -1.62. The third kappa shape index (κ3) is 2.93. The van der Waals surface area contributed by atoms with E-state index >= 15 is 0 Å². The molecule has 0 aliphatic rings. The smallest absolute Gasteiger partial charge is 0.137 e. The molecule has 0 aromatic carbocycles. The van der Waals surface area contributed by atoms with E-state index in [1.54, 1.807) is 0 Å². The summed E-state index contributed by atoms with van der Waals surface area (Å²) in [5, 5.41) is 8.07. The molecule has 0 saturated heterocycles. The second-order valence-electron chi connectivity index (χ2n) is 5.23. The minimum Gasteiger partial charge on any atom is -0.365 e. The van der Waals surface area contributed by atoms with Crippen LogP contribution in [0.1, 0.15) is 42.4 Å². The number of aromatic nitrogens is 4. The molecule has 0 bridgehead atoms. The van der Waals surface area contributed by atoms with Gasteiger partial charge in [0.05, 0.1) is 6.20 Å². The van der Waals surface area contributed by atoms with Gasteiger partial charge in [0.2, 0.25) is 0 Å². The molecule has 108 valence electrons. The molecule has 2 heterocycles. The number of hydrogen-bond acceptors (Lipinski definition) is 4. The average Bonchev–Trinajstić information content (AvgIpc) is 2.71. The Morgan fingerprint density at radius 3 is 2.55 bits per heavy atom. The Kier molecular flexibility index (Phi) is 4.28. The number of aryl methyl sites for hydroxylation is 1. The fourth-order valence-corrected chi connectivity index (χ4v) is 2.01. The first-order chi connectivity index (χ1) is 9.40. The van der Waals surface area contributed by atoms with Crippen molar-refractivity contribution < 1.29 is 0 Å². The van der Waals surface area contributed by atoms with Crippen LogP contribution < -0.4 is 5.32 Å². The van der Waals surface area contributed by atoms with E-state index in [0.29, 0.717) is 11.7 Å². The first kappa shape index (κ1) is 14.8.